The third-order valence-corrected chi connectivity index (χ3v) is 5.44. The average molecular weight is 385 g/mol. The summed E-state index contributed by atoms with van der Waals surface area (Å²) in [6, 6.07) is 7.92. The van der Waals surface area contributed by atoms with Crippen molar-refractivity contribution >= 4 is 11.6 Å². The highest BCUT2D eigenvalue weighted by molar-refractivity contribution is 6.03. The van der Waals surface area contributed by atoms with Crippen LogP contribution in [0.2, 0.25) is 0 Å². The number of nitrogens with zero attached hydrogens (tertiary/aromatic N) is 3. The Kier molecular flexibility index (Phi) is 5.87. The van der Waals surface area contributed by atoms with E-state index in [9.17, 15) is 4.79 Å². The van der Waals surface area contributed by atoms with Gasteiger partial charge >= 0.3 is 0 Å². The summed E-state index contributed by atoms with van der Waals surface area (Å²) in [5, 5.41) is 11.1. The van der Waals surface area contributed by atoms with Crippen molar-refractivity contribution in [1.82, 2.24) is 15.0 Å². The molecule has 8 nitrogen and oxygen atoms in total. The van der Waals surface area contributed by atoms with E-state index < -0.39 is 0 Å². The van der Waals surface area contributed by atoms with E-state index >= 15 is 0 Å². The summed E-state index contributed by atoms with van der Waals surface area (Å²) in [4.78, 5) is 12.6. The molecule has 1 aliphatic heterocycles. The summed E-state index contributed by atoms with van der Waals surface area (Å²) in [6.07, 6.45) is 7.78. The molecule has 4 rings (SSSR count). The van der Waals surface area contributed by atoms with Crippen LogP contribution in [-0.4, -0.2) is 46.3 Å². The summed E-state index contributed by atoms with van der Waals surface area (Å²) >= 11 is 0. The Morgan fingerprint density at radius 1 is 1.25 bits per heavy atom. The highest BCUT2D eigenvalue weighted by atomic mass is 16.5. The van der Waals surface area contributed by atoms with E-state index in [0.717, 1.165) is 45.1 Å². The number of ether oxygens (including phenoxy) is 2. The Hall–Kier alpha value is -2.45. The Bertz CT molecular complexity index is 795. The van der Waals surface area contributed by atoms with Crippen molar-refractivity contribution in [2.75, 3.05) is 18.5 Å². The van der Waals surface area contributed by atoms with Crippen molar-refractivity contribution in [2.24, 2.45) is 5.73 Å². The van der Waals surface area contributed by atoms with Crippen molar-refractivity contribution in [2.45, 2.75) is 56.7 Å². The number of anilines is 1. The normalized spacial score (nSPS) is 24.8. The van der Waals surface area contributed by atoms with Crippen LogP contribution < -0.4 is 15.8 Å². The van der Waals surface area contributed by atoms with Crippen LogP contribution in [-0.2, 0) is 4.74 Å². The number of nitrogens with one attached hydrogen (secondary N) is 1. The Balaban J connectivity index is 1.38. The summed E-state index contributed by atoms with van der Waals surface area (Å²) in [5.74, 6) is 0.326. The fourth-order valence-corrected chi connectivity index (χ4v) is 3.77. The molecule has 2 heterocycles. The number of amides is 1. The minimum atomic E-state index is -0.299. The summed E-state index contributed by atoms with van der Waals surface area (Å²) in [7, 11) is 0. The highest BCUT2D eigenvalue weighted by Crippen LogP contribution is 2.28. The van der Waals surface area contributed by atoms with Crippen LogP contribution in [0.5, 0.6) is 5.75 Å². The molecule has 2 aromatic rings. The summed E-state index contributed by atoms with van der Waals surface area (Å²) in [6.45, 7) is 1.27. The van der Waals surface area contributed by atoms with Gasteiger partial charge in [0.05, 0.1) is 24.0 Å². The van der Waals surface area contributed by atoms with Crippen LogP contribution in [0.15, 0.2) is 30.5 Å². The molecule has 1 aliphatic carbocycles. The fraction of sp³-hybridized carbons (Fsp3) is 0.550. The van der Waals surface area contributed by atoms with Crippen LogP contribution in [0.3, 0.4) is 0 Å². The molecule has 3 N–H and O–H groups in total. The lowest BCUT2D eigenvalue weighted by Crippen LogP contribution is -2.28. The van der Waals surface area contributed by atoms with Gasteiger partial charge in [-0.1, -0.05) is 17.3 Å². The number of para-hydroxylation sites is 2. The van der Waals surface area contributed by atoms with Gasteiger partial charge < -0.3 is 20.5 Å². The molecule has 150 valence electrons. The average Bonchev–Trinajstić information content (AvgIpc) is 3.40. The number of hydrogen-bond donors (Lipinski definition) is 2. The highest BCUT2D eigenvalue weighted by Gasteiger charge is 2.23. The number of aromatic nitrogens is 3. The smallest absolute Gasteiger partial charge is 0.277 e. The monoisotopic (exact) mass is 385 g/mol. The largest absolute Gasteiger partial charge is 0.489 e. The number of carbonyl (C=O) groups excluding carboxylic acids is 1. The van der Waals surface area contributed by atoms with Gasteiger partial charge in [0.15, 0.2) is 5.69 Å². The van der Waals surface area contributed by atoms with Crippen molar-refractivity contribution in [3.63, 3.8) is 0 Å². The van der Waals surface area contributed by atoms with Gasteiger partial charge in [-0.25, -0.2) is 4.68 Å². The van der Waals surface area contributed by atoms with E-state index in [-0.39, 0.29) is 24.1 Å². The fourth-order valence-electron chi connectivity index (χ4n) is 3.77. The van der Waals surface area contributed by atoms with Crippen LogP contribution in [0, 0.1) is 0 Å². The molecule has 1 atom stereocenters. The van der Waals surface area contributed by atoms with Gasteiger partial charge in [0.25, 0.3) is 5.91 Å². The van der Waals surface area contributed by atoms with Crippen LogP contribution in [0.1, 0.15) is 55.1 Å². The molecule has 1 saturated carbocycles. The molecule has 2 aliphatic rings. The molecule has 28 heavy (non-hydrogen) atoms. The molecule has 0 radical (unpaired) electrons. The second-order valence-electron chi connectivity index (χ2n) is 7.55. The van der Waals surface area contributed by atoms with Crippen LogP contribution >= 0.6 is 0 Å². The quantitative estimate of drug-likeness (QED) is 0.792. The first-order chi connectivity index (χ1) is 13.7. The zero-order valence-corrected chi connectivity index (χ0v) is 15.9. The second-order valence-corrected chi connectivity index (χ2v) is 7.55. The van der Waals surface area contributed by atoms with Crippen molar-refractivity contribution < 1.29 is 14.3 Å². The maximum atomic E-state index is 12.6. The van der Waals surface area contributed by atoms with Crippen molar-refractivity contribution in [3.8, 4) is 5.75 Å². The molecule has 0 spiro atoms. The lowest BCUT2D eigenvalue weighted by Gasteiger charge is -2.25. The molecule has 0 bridgehead atoms. The first kappa shape index (κ1) is 18.9. The van der Waals surface area contributed by atoms with Crippen LogP contribution in [0.4, 0.5) is 5.69 Å². The first-order valence-corrected chi connectivity index (χ1v) is 10.0. The minimum absolute atomic E-state index is 0.118. The topological polar surface area (TPSA) is 104 Å². The Morgan fingerprint density at radius 3 is 2.86 bits per heavy atom. The van der Waals surface area contributed by atoms with Gasteiger partial charge in [-0.2, -0.15) is 0 Å². The Morgan fingerprint density at radius 2 is 2.07 bits per heavy atom. The molecule has 2 fully saturated rings. The summed E-state index contributed by atoms with van der Waals surface area (Å²) in [5.41, 5.74) is 6.87. The van der Waals surface area contributed by atoms with Gasteiger partial charge in [-0.05, 0) is 50.7 Å². The zero-order valence-electron chi connectivity index (χ0n) is 15.9. The van der Waals surface area contributed by atoms with Gasteiger partial charge in [-0.3, -0.25) is 4.79 Å². The van der Waals surface area contributed by atoms with Crippen molar-refractivity contribution in [1.29, 1.82) is 0 Å². The Labute approximate surface area is 164 Å². The molecule has 1 amide bonds. The van der Waals surface area contributed by atoms with E-state index in [2.05, 4.69) is 15.6 Å². The van der Waals surface area contributed by atoms with Crippen LogP contribution in [0.25, 0.3) is 0 Å². The van der Waals surface area contributed by atoms with E-state index in [0.29, 0.717) is 23.7 Å². The second kappa shape index (κ2) is 8.70. The molecular formula is C20H27N5O3. The summed E-state index contributed by atoms with van der Waals surface area (Å²) < 4.78 is 13.3. The number of benzene rings is 1. The maximum absolute atomic E-state index is 12.6. The lowest BCUT2D eigenvalue weighted by molar-refractivity contribution is 0.0682. The maximum Gasteiger partial charge on any atom is 0.277 e. The first-order valence-electron chi connectivity index (χ1n) is 10.0. The number of hydrogen-bond acceptors (Lipinski definition) is 6. The predicted octanol–water partition coefficient (Wildman–Crippen LogP) is 2.53. The number of rotatable bonds is 6. The standard InChI is InChI=1S/C20H27N5O3/c21-14-7-9-15(10-8-14)25-12-18(23-24-25)20(26)22-17-5-1-2-6-19(17)28-13-16-4-3-11-27-16/h1-2,5-6,12,14-16H,3-4,7-11,13,21H2,(H,22,26). The van der Waals surface area contributed by atoms with Crippen molar-refractivity contribution in [3.05, 3.63) is 36.2 Å². The minimum Gasteiger partial charge on any atom is -0.489 e. The molecule has 8 heteroatoms. The third-order valence-electron chi connectivity index (χ3n) is 5.44. The molecule has 1 unspecified atom stereocenters. The molecule has 1 saturated heterocycles. The number of carbonyl (C=O) groups is 1. The van der Waals surface area contributed by atoms with E-state index in [1.165, 1.54) is 0 Å². The zero-order chi connectivity index (χ0) is 19.3. The van der Waals surface area contributed by atoms with Gasteiger partial charge in [0.2, 0.25) is 0 Å². The lowest BCUT2D eigenvalue weighted by atomic mass is 9.92. The molecule has 1 aromatic carbocycles. The third kappa shape index (κ3) is 4.51. The number of nitrogens with two attached hydrogens (primary N) is 1. The van der Waals surface area contributed by atoms with E-state index in [1.54, 1.807) is 10.9 Å². The van der Waals surface area contributed by atoms with E-state index in [1.807, 2.05) is 24.3 Å². The molecular weight excluding hydrogens is 358 g/mol. The SMILES string of the molecule is NC1CCC(n2cc(C(=O)Nc3ccccc3OCC3CCCO3)nn2)CC1. The van der Waals surface area contributed by atoms with Gasteiger partial charge in [0.1, 0.15) is 12.4 Å². The predicted molar refractivity (Wildman–Crippen MR) is 104 cm³/mol. The molecule has 1 aromatic heterocycles. The van der Waals surface area contributed by atoms with E-state index in [4.69, 9.17) is 15.2 Å². The van der Waals surface area contributed by atoms with Gasteiger partial charge in [-0.15, -0.1) is 5.10 Å². The van der Waals surface area contributed by atoms with Gasteiger partial charge in [0, 0.05) is 12.6 Å².